The fourth-order valence-electron chi connectivity index (χ4n) is 3.38. The van der Waals surface area contributed by atoms with Gasteiger partial charge in [-0.25, -0.2) is 4.98 Å². The van der Waals surface area contributed by atoms with Crippen molar-refractivity contribution in [3.8, 4) is 0 Å². The van der Waals surface area contributed by atoms with Crippen molar-refractivity contribution in [1.29, 1.82) is 0 Å². The zero-order valence-electron chi connectivity index (χ0n) is 17.4. The van der Waals surface area contributed by atoms with Crippen molar-refractivity contribution in [2.75, 3.05) is 11.1 Å². The van der Waals surface area contributed by atoms with Gasteiger partial charge in [-0.2, -0.15) is 0 Å². The molecule has 4 rings (SSSR count). The SMILES string of the molecule is Cc1ccc(C)c(NC(=O)CSc2nc3c(oc4ccccc43)c(=O)n2C(C)C)c1. The van der Waals surface area contributed by atoms with E-state index in [9.17, 15) is 9.59 Å². The number of nitrogens with one attached hydrogen (secondary N) is 1. The van der Waals surface area contributed by atoms with Crippen LogP contribution in [0.15, 0.2) is 56.8 Å². The highest BCUT2D eigenvalue weighted by atomic mass is 32.2. The summed E-state index contributed by atoms with van der Waals surface area (Å²) < 4.78 is 7.36. The molecule has 0 aliphatic heterocycles. The first kappa shape index (κ1) is 20.2. The summed E-state index contributed by atoms with van der Waals surface area (Å²) in [6.45, 7) is 7.77. The first-order valence-corrected chi connectivity index (χ1v) is 10.8. The molecule has 6 nitrogen and oxygen atoms in total. The van der Waals surface area contributed by atoms with Gasteiger partial charge in [0, 0.05) is 17.1 Å². The third-order valence-corrected chi connectivity index (χ3v) is 5.86. The van der Waals surface area contributed by atoms with Crippen LogP contribution < -0.4 is 10.9 Å². The van der Waals surface area contributed by atoms with Crippen LogP contribution in [0.4, 0.5) is 5.69 Å². The van der Waals surface area contributed by atoms with E-state index in [1.54, 1.807) is 4.57 Å². The Kier molecular flexibility index (Phi) is 5.39. The van der Waals surface area contributed by atoms with E-state index in [1.807, 2.05) is 70.2 Å². The van der Waals surface area contributed by atoms with Crippen molar-refractivity contribution in [1.82, 2.24) is 9.55 Å². The van der Waals surface area contributed by atoms with Gasteiger partial charge in [0.05, 0.1) is 5.75 Å². The molecule has 0 saturated carbocycles. The molecule has 0 bridgehead atoms. The molecule has 2 aromatic carbocycles. The largest absolute Gasteiger partial charge is 0.448 e. The molecule has 7 heteroatoms. The average molecular weight is 422 g/mol. The van der Waals surface area contributed by atoms with Crippen molar-refractivity contribution >= 4 is 45.4 Å². The number of para-hydroxylation sites is 1. The summed E-state index contributed by atoms with van der Waals surface area (Å²) in [7, 11) is 0. The Morgan fingerprint density at radius 3 is 2.73 bits per heavy atom. The second-order valence-corrected chi connectivity index (χ2v) is 8.54. The summed E-state index contributed by atoms with van der Waals surface area (Å²) in [5.74, 6) is 0.00351. The summed E-state index contributed by atoms with van der Waals surface area (Å²) in [5.41, 5.74) is 4.05. The molecule has 0 spiro atoms. The first-order chi connectivity index (χ1) is 14.3. The van der Waals surface area contributed by atoms with E-state index >= 15 is 0 Å². The summed E-state index contributed by atoms with van der Waals surface area (Å²) in [6.07, 6.45) is 0. The molecule has 2 aromatic heterocycles. The minimum Gasteiger partial charge on any atom is -0.448 e. The van der Waals surface area contributed by atoms with E-state index in [-0.39, 0.29) is 28.8 Å². The van der Waals surface area contributed by atoms with Crippen LogP contribution in [0, 0.1) is 13.8 Å². The second kappa shape index (κ2) is 7.99. The first-order valence-electron chi connectivity index (χ1n) is 9.79. The number of fused-ring (bicyclic) bond motifs is 3. The lowest BCUT2D eigenvalue weighted by Gasteiger charge is -2.15. The molecular weight excluding hydrogens is 398 g/mol. The van der Waals surface area contributed by atoms with Crippen molar-refractivity contribution in [2.45, 2.75) is 38.9 Å². The molecule has 1 amide bonds. The number of furan rings is 1. The molecule has 0 saturated heterocycles. The maximum absolute atomic E-state index is 13.1. The van der Waals surface area contributed by atoms with Crippen LogP contribution >= 0.6 is 11.8 Å². The van der Waals surface area contributed by atoms with E-state index in [0.29, 0.717) is 16.3 Å². The summed E-state index contributed by atoms with van der Waals surface area (Å²) in [4.78, 5) is 30.4. The van der Waals surface area contributed by atoms with Gasteiger partial charge in [-0.3, -0.25) is 14.2 Å². The third kappa shape index (κ3) is 3.73. The molecule has 4 aromatic rings. The van der Waals surface area contributed by atoms with Crippen LogP contribution in [-0.2, 0) is 4.79 Å². The zero-order valence-corrected chi connectivity index (χ0v) is 18.2. The highest BCUT2D eigenvalue weighted by Crippen LogP contribution is 2.28. The van der Waals surface area contributed by atoms with Gasteiger partial charge in [0.15, 0.2) is 5.16 Å². The number of anilines is 1. The maximum atomic E-state index is 13.1. The van der Waals surface area contributed by atoms with Gasteiger partial charge in [-0.1, -0.05) is 36.0 Å². The number of carbonyl (C=O) groups is 1. The molecule has 1 N–H and O–H groups in total. The standard InChI is InChI=1S/C23H23N3O3S/c1-13(2)26-22(28)21-20(16-7-5-6-8-18(16)29-21)25-23(26)30-12-19(27)24-17-11-14(3)9-10-15(17)4/h5-11,13H,12H2,1-4H3,(H,24,27). The predicted molar refractivity (Wildman–Crippen MR) is 121 cm³/mol. The number of carbonyl (C=O) groups excluding carboxylic acids is 1. The minimum atomic E-state index is -0.233. The monoisotopic (exact) mass is 421 g/mol. The fourth-order valence-corrected chi connectivity index (χ4v) is 4.30. The maximum Gasteiger partial charge on any atom is 0.298 e. The van der Waals surface area contributed by atoms with E-state index in [2.05, 4.69) is 5.32 Å². The number of nitrogens with zero attached hydrogens (tertiary/aromatic N) is 2. The van der Waals surface area contributed by atoms with Gasteiger partial charge in [-0.15, -0.1) is 0 Å². The summed E-state index contributed by atoms with van der Waals surface area (Å²) in [6, 6.07) is 13.3. The number of aryl methyl sites for hydroxylation is 2. The Morgan fingerprint density at radius 2 is 1.97 bits per heavy atom. The smallest absolute Gasteiger partial charge is 0.298 e. The second-order valence-electron chi connectivity index (χ2n) is 7.59. The van der Waals surface area contributed by atoms with Crippen molar-refractivity contribution in [2.24, 2.45) is 0 Å². The number of benzene rings is 2. The molecule has 0 radical (unpaired) electrons. The normalized spacial score (nSPS) is 11.5. The number of amides is 1. The molecule has 0 atom stereocenters. The van der Waals surface area contributed by atoms with Gasteiger partial charge in [0.2, 0.25) is 11.5 Å². The summed E-state index contributed by atoms with van der Waals surface area (Å²) >= 11 is 1.25. The number of thioether (sulfide) groups is 1. The molecule has 2 heterocycles. The van der Waals surface area contributed by atoms with E-state index < -0.39 is 0 Å². The van der Waals surface area contributed by atoms with Gasteiger partial charge >= 0.3 is 0 Å². The van der Waals surface area contributed by atoms with Crippen LogP contribution in [0.25, 0.3) is 22.1 Å². The lowest BCUT2D eigenvalue weighted by Crippen LogP contribution is -2.25. The quantitative estimate of drug-likeness (QED) is 0.360. The lowest BCUT2D eigenvalue weighted by molar-refractivity contribution is -0.113. The van der Waals surface area contributed by atoms with Crippen LogP contribution in [-0.4, -0.2) is 21.2 Å². The van der Waals surface area contributed by atoms with Crippen molar-refractivity contribution < 1.29 is 9.21 Å². The Labute approximate surface area is 178 Å². The molecule has 0 aliphatic rings. The van der Waals surface area contributed by atoms with Crippen LogP contribution in [0.1, 0.15) is 31.0 Å². The number of hydrogen-bond donors (Lipinski definition) is 1. The lowest BCUT2D eigenvalue weighted by atomic mass is 10.1. The minimum absolute atomic E-state index is 0.118. The van der Waals surface area contributed by atoms with Crippen LogP contribution in [0.3, 0.4) is 0 Å². The van der Waals surface area contributed by atoms with Gasteiger partial charge in [-0.05, 0) is 57.0 Å². The molecule has 0 fully saturated rings. The van der Waals surface area contributed by atoms with Gasteiger partial charge in [0.25, 0.3) is 5.56 Å². The Balaban J connectivity index is 1.66. The van der Waals surface area contributed by atoms with Crippen molar-refractivity contribution in [3.05, 3.63) is 63.9 Å². The molecule has 154 valence electrons. The van der Waals surface area contributed by atoms with Crippen LogP contribution in [0.5, 0.6) is 0 Å². The molecule has 0 unspecified atom stereocenters. The fraction of sp³-hybridized carbons (Fsp3) is 0.261. The van der Waals surface area contributed by atoms with Crippen molar-refractivity contribution in [3.63, 3.8) is 0 Å². The third-order valence-electron chi connectivity index (χ3n) is 4.91. The Bertz CT molecular complexity index is 1320. The van der Waals surface area contributed by atoms with E-state index in [1.165, 1.54) is 11.8 Å². The topological polar surface area (TPSA) is 77.1 Å². The molecular formula is C23H23N3O3S. The Morgan fingerprint density at radius 1 is 1.20 bits per heavy atom. The zero-order chi connectivity index (χ0) is 21.4. The van der Waals surface area contributed by atoms with E-state index in [4.69, 9.17) is 9.40 Å². The van der Waals surface area contributed by atoms with E-state index in [0.717, 1.165) is 22.2 Å². The highest BCUT2D eigenvalue weighted by Gasteiger charge is 2.20. The number of hydrogen-bond acceptors (Lipinski definition) is 5. The predicted octanol–water partition coefficient (Wildman–Crippen LogP) is 5.07. The average Bonchev–Trinajstić information content (AvgIpc) is 3.08. The molecule has 30 heavy (non-hydrogen) atoms. The number of aromatic nitrogens is 2. The Hall–Kier alpha value is -3.06. The summed E-state index contributed by atoms with van der Waals surface area (Å²) in [5, 5.41) is 4.25. The van der Waals surface area contributed by atoms with Gasteiger partial charge < -0.3 is 9.73 Å². The van der Waals surface area contributed by atoms with Gasteiger partial charge in [0.1, 0.15) is 11.1 Å². The van der Waals surface area contributed by atoms with Crippen LogP contribution in [0.2, 0.25) is 0 Å². The molecule has 0 aliphatic carbocycles. The highest BCUT2D eigenvalue weighted by molar-refractivity contribution is 7.99. The number of rotatable bonds is 5.